The van der Waals surface area contributed by atoms with Crippen molar-refractivity contribution < 1.29 is 14.3 Å². The van der Waals surface area contributed by atoms with Crippen LogP contribution in [0.25, 0.3) is 0 Å². The Bertz CT molecular complexity index is 398. The van der Waals surface area contributed by atoms with Gasteiger partial charge in [0.25, 0.3) is 0 Å². The minimum atomic E-state index is -0.600. The maximum Gasteiger partial charge on any atom is 0.433 e. The molecule has 158 valence electrons. The predicted molar refractivity (Wildman–Crippen MR) is 110 cm³/mol. The summed E-state index contributed by atoms with van der Waals surface area (Å²) < 4.78 is 4.96. The summed E-state index contributed by atoms with van der Waals surface area (Å²) in [6.07, 6.45) is 16.2. The highest BCUT2D eigenvalue weighted by molar-refractivity contribution is 5.83. The molecule has 1 aliphatic heterocycles. The van der Waals surface area contributed by atoms with Gasteiger partial charge < -0.3 is 9.64 Å². The molecule has 1 heterocycles. The lowest BCUT2D eigenvalue weighted by Gasteiger charge is -2.21. The monoisotopic (exact) mass is 383 g/mol. The third-order valence-corrected chi connectivity index (χ3v) is 5.26. The molecule has 1 aliphatic rings. The second-order valence-corrected chi connectivity index (χ2v) is 7.59. The zero-order valence-corrected chi connectivity index (χ0v) is 17.6. The number of hydrazine groups is 1. The van der Waals surface area contributed by atoms with Gasteiger partial charge in [-0.3, -0.25) is 0 Å². The van der Waals surface area contributed by atoms with E-state index >= 15 is 0 Å². The van der Waals surface area contributed by atoms with Crippen molar-refractivity contribution >= 4 is 12.2 Å². The number of likely N-dealkylation sites (tertiary alicyclic amines) is 1. The summed E-state index contributed by atoms with van der Waals surface area (Å²) in [6, 6.07) is 0. The third-order valence-electron chi connectivity index (χ3n) is 5.26. The van der Waals surface area contributed by atoms with Gasteiger partial charge in [-0.25, -0.2) is 20.0 Å². The molecule has 1 saturated heterocycles. The van der Waals surface area contributed by atoms with Crippen LogP contribution in [0.1, 0.15) is 96.8 Å². The number of ether oxygens (including phenoxy) is 1. The van der Waals surface area contributed by atoms with Gasteiger partial charge in [-0.15, -0.1) is 0 Å². The van der Waals surface area contributed by atoms with Crippen LogP contribution in [0, 0.1) is 0 Å². The smallest absolute Gasteiger partial charge is 0.358 e. The summed E-state index contributed by atoms with van der Waals surface area (Å²) in [5, 5.41) is 1.39. The Kier molecular flexibility index (Phi) is 13.8. The fraction of sp³-hybridized carbons (Fsp3) is 0.905. The number of rotatable bonds is 14. The van der Waals surface area contributed by atoms with E-state index < -0.39 is 12.2 Å². The minimum Gasteiger partial charge on any atom is -0.358 e. The van der Waals surface area contributed by atoms with Crippen LogP contribution < -0.4 is 5.43 Å². The number of hydrogen-bond acceptors (Lipinski definition) is 4. The average Bonchev–Trinajstić information content (AvgIpc) is 3.20. The maximum atomic E-state index is 12.1. The molecule has 1 rings (SSSR count). The molecule has 1 N–H and O–H groups in total. The van der Waals surface area contributed by atoms with E-state index in [1.165, 1.54) is 69.2 Å². The molecule has 0 aliphatic carbocycles. The Labute approximate surface area is 166 Å². The molecule has 0 spiro atoms. The Balaban J connectivity index is 1.98. The maximum absolute atomic E-state index is 12.1. The normalized spacial score (nSPS) is 13.8. The first-order valence-corrected chi connectivity index (χ1v) is 11.1. The van der Waals surface area contributed by atoms with E-state index in [0.717, 1.165) is 25.7 Å². The summed E-state index contributed by atoms with van der Waals surface area (Å²) in [5.74, 6) is 0. The van der Waals surface area contributed by atoms with Crippen LogP contribution in [0.5, 0.6) is 0 Å². The van der Waals surface area contributed by atoms with E-state index in [1.54, 1.807) is 11.9 Å². The van der Waals surface area contributed by atoms with Crippen molar-refractivity contribution in [2.45, 2.75) is 96.8 Å². The van der Waals surface area contributed by atoms with Crippen molar-refractivity contribution in [1.82, 2.24) is 15.3 Å². The van der Waals surface area contributed by atoms with Gasteiger partial charge in [-0.1, -0.05) is 77.6 Å². The SMILES string of the molecule is CCCCCCCCCCCCCCN(NC)C(=O)OC(=O)N1CCCC1. The van der Waals surface area contributed by atoms with Gasteiger partial charge in [0.15, 0.2) is 0 Å². The van der Waals surface area contributed by atoms with Gasteiger partial charge in [-0.05, 0) is 19.3 Å². The second-order valence-electron chi connectivity index (χ2n) is 7.59. The van der Waals surface area contributed by atoms with Crippen LogP contribution in [0.2, 0.25) is 0 Å². The fourth-order valence-corrected chi connectivity index (χ4v) is 3.50. The molecule has 27 heavy (non-hydrogen) atoms. The summed E-state index contributed by atoms with van der Waals surface area (Å²) in [4.78, 5) is 25.5. The minimum absolute atomic E-state index is 0.521. The molecule has 0 bridgehead atoms. The number of hydrogen-bond donors (Lipinski definition) is 1. The van der Waals surface area contributed by atoms with Crippen LogP contribution in [-0.2, 0) is 4.74 Å². The Morgan fingerprint density at radius 1 is 0.852 bits per heavy atom. The van der Waals surface area contributed by atoms with Gasteiger partial charge in [0.1, 0.15) is 0 Å². The summed E-state index contributed by atoms with van der Waals surface area (Å²) >= 11 is 0. The van der Waals surface area contributed by atoms with Crippen LogP contribution in [0.15, 0.2) is 0 Å². The van der Waals surface area contributed by atoms with E-state index in [0.29, 0.717) is 19.6 Å². The molecule has 6 heteroatoms. The van der Waals surface area contributed by atoms with Crippen LogP contribution in [0.4, 0.5) is 9.59 Å². The number of nitrogens with one attached hydrogen (secondary N) is 1. The highest BCUT2D eigenvalue weighted by Gasteiger charge is 2.24. The number of unbranched alkanes of at least 4 members (excludes halogenated alkanes) is 11. The number of carbonyl (C=O) groups is 2. The molecule has 1 fully saturated rings. The summed E-state index contributed by atoms with van der Waals surface area (Å²) in [7, 11) is 1.68. The van der Waals surface area contributed by atoms with E-state index in [9.17, 15) is 9.59 Å². The highest BCUT2D eigenvalue weighted by atomic mass is 16.6. The summed E-state index contributed by atoms with van der Waals surface area (Å²) in [6.45, 7) is 4.20. The van der Waals surface area contributed by atoms with E-state index in [1.807, 2.05) is 0 Å². The first-order valence-electron chi connectivity index (χ1n) is 11.1. The molecule has 0 aromatic carbocycles. The summed E-state index contributed by atoms with van der Waals surface area (Å²) in [5.41, 5.74) is 2.83. The molecule has 0 saturated carbocycles. The van der Waals surface area contributed by atoms with Gasteiger partial charge in [-0.2, -0.15) is 0 Å². The molecular weight excluding hydrogens is 342 g/mol. The lowest BCUT2D eigenvalue weighted by atomic mass is 10.1. The molecule has 0 unspecified atom stereocenters. The Morgan fingerprint density at radius 3 is 1.81 bits per heavy atom. The molecule has 0 aromatic rings. The van der Waals surface area contributed by atoms with E-state index in [4.69, 9.17) is 4.74 Å². The van der Waals surface area contributed by atoms with Gasteiger partial charge >= 0.3 is 12.2 Å². The lowest BCUT2D eigenvalue weighted by molar-refractivity contribution is 0.0871. The zero-order valence-electron chi connectivity index (χ0n) is 17.6. The van der Waals surface area contributed by atoms with Crippen molar-refractivity contribution in [3.63, 3.8) is 0 Å². The number of carbonyl (C=O) groups excluding carboxylic acids is 2. The van der Waals surface area contributed by atoms with Crippen molar-refractivity contribution in [3.8, 4) is 0 Å². The van der Waals surface area contributed by atoms with Gasteiger partial charge in [0.05, 0.1) is 0 Å². The van der Waals surface area contributed by atoms with Crippen molar-refractivity contribution in [2.24, 2.45) is 0 Å². The Morgan fingerprint density at radius 2 is 1.33 bits per heavy atom. The average molecular weight is 384 g/mol. The zero-order chi connectivity index (χ0) is 19.7. The van der Waals surface area contributed by atoms with Crippen molar-refractivity contribution in [3.05, 3.63) is 0 Å². The molecule has 6 nitrogen and oxygen atoms in total. The lowest BCUT2D eigenvalue weighted by Crippen LogP contribution is -2.44. The van der Waals surface area contributed by atoms with Crippen LogP contribution in [-0.4, -0.2) is 48.8 Å². The molecule has 0 radical (unpaired) electrons. The fourth-order valence-electron chi connectivity index (χ4n) is 3.50. The van der Waals surface area contributed by atoms with Crippen molar-refractivity contribution in [1.29, 1.82) is 0 Å². The predicted octanol–water partition coefficient (Wildman–Crippen LogP) is 5.48. The van der Waals surface area contributed by atoms with Gasteiger partial charge in [0.2, 0.25) is 0 Å². The quantitative estimate of drug-likeness (QED) is 0.245. The molecule has 0 aromatic heterocycles. The second kappa shape index (κ2) is 15.7. The largest absolute Gasteiger partial charge is 0.433 e. The first kappa shape index (κ1) is 23.7. The number of amides is 2. The Hall–Kier alpha value is -1.30. The van der Waals surface area contributed by atoms with Crippen LogP contribution >= 0.6 is 0 Å². The van der Waals surface area contributed by atoms with Gasteiger partial charge in [0, 0.05) is 26.7 Å². The standard InChI is InChI=1S/C21H41N3O3/c1-3-4-5-6-7-8-9-10-11-12-13-14-19-24(22-2)21(26)27-20(25)23-17-15-16-18-23/h22H,3-19H2,1-2H3. The third kappa shape index (κ3) is 11.2. The topological polar surface area (TPSA) is 61.9 Å². The molecular formula is C21H41N3O3. The van der Waals surface area contributed by atoms with E-state index in [-0.39, 0.29) is 0 Å². The van der Waals surface area contributed by atoms with Crippen LogP contribution in [0.3, 0.4) is 0 Å². The first-order chi connectivity index (χ1) is 13.2. The van der Waals surface area contributed by atoms with Crippen molar-refractivity contribution in [2.75, 3.05) is 26.7 Å². The highest BCUT2D eigenvalue weighted by Crippen LogP contribution is 2.12. The van der Waals surface area contributed by atoms with E-state index in [2.05, 4.69) is 12.3 Å². The number of nitrogens with zero attached hydrogens (tertiary/aromatic N) is 2. The molecule has 0 atom stereocenters. The molecule has 2 amide bonds.